The van der Waals surface area contributed by atoms with Crippen LogP contribution in [0, 0.1) is 0 Å². The summed E-state index contributed by atoms with van der Waals surface area (Å²) in [5.41, 5.74) is -1.04. The first-order valence-corrected chi connectivity index (χ1v) is 9.96. The first kappa shape index (κ1) is 21.0. The first-order chi connectivity index (χ1) is 15.4. The highest BCUT2D eigenvalue weighted by Crippen LogP contribution is 2.37. The summed E-state index contributed by atoms with van der Waals surface area (Å²) >= 11 is 0. The van der Waals surface area contributed by atoms with Crippen LogP contribution >= 0.6 is 0 Å². The summed E-state index contributed by atoms with van der Waals surface area (Å²) < 4.78 is 5.14. The van der Waals surface area contributed by atoms with Gasteiger partial charge in [0.25, 0.3) is 5.91 Å². The molecule has 0 radical (unpaired) electrons. The molecule has 2 amide bonds. The number of amides is 2. The number of carbonyl (C=O) groups is 3. The van der Waals surface area contributed by atoms with Crippen LogP contribution in [0.25, 0.3) is 16.2 Å². The van der Waals surface area contributed by atoms with Crippen LogP contribution in [0.3, 0.4) is 0 Å². The van der Waals surface area contributed by atoms with E-state index in [4.69, 9.17) is 4.74 Å². The normalized spacial score (nSPS) is 18.1. The van der Waals surface area contributed by atoms with Gasteiger partial charge in [0.1, 0.15) is 16.9 Å². The largest absolute Gasteiger partial charge is 0.763 e. The van der Waals surface area contributed by atoms with E-state index in [1.54, 1.807) is 36.2 Å². The lowest BCUT2D eigenvalue weighted by Crippen LogP contribution is -2.49. The third kappa shape index (κ3) is 3.55. The van der Waals surface area contributed by atoms with E-state index in [1.807, 2.05) is 36.4 Å². The second kappa shape index (κ2) is 8.13. The fraction of sp³-hybridized carbons (Fsp3) is 0.160. The second-order valence-corrected chi connectivity index (χ2v) is 7.72. The van der Waals surface area contributed by atoms with Crippen molar-refractivity contribution in [2.75, 3.05) is 17.3 Å². The minimum absolute atomic E-state index is 0.304. The topological polar surface area (TPSA) is 98.0 Å². The van der Waals surface area contributed by atoms with Gasteiger partial charge in [0.15, 0.2) is 0 Å². The standard InChI is InChI=1S/C25H20N3O4/c1-25(14-22(29)27-18-8-7-16-5-3-4-6-17(16)13-18)23(30)21(15-26)24(31)28(25)19-9-11-20(32-2)12-10-19/h3-13H,14H2,1-2H3,(H,27,29)/q-1. The maximum atomic E-state index is 13.0. The fourth-order valence-electron chi connectivity index (χ4n) is 3.98. The quantitative estimate of drug-likeness (QED) is 0.382. The molecule has 7 nitrogen and oxygen atoms in total. The Labute approximate surface area is 184 Å². The van der Waals surface area contributed by atoms with E-state index in [2.05, 4.69) is 5.32 Å². The Morgan fingerprint density at radius 3 is 2.41 bits per heavy atom. The van der Waals surface area contributed by atoms with Gasteiger partial charge in [-0.05, 0) is 54.1 Å². The smallest absolute Gasteiger partial charge is 0.268 e. The molecule has 3 aromatic carbocycles. The second-order valence-electron chi connectivity index (χ2n) is 7.72. The Bertz CT molecular complexity index is 1290. The molecule has 1 fully saturated rings. The molecule has 3 aromatic rings. The lowest BCUT2D eigenvalue weighted by molar-refractivity contribution is -0.124. The number of hydrogen-bond acceptors (Lipinski definition) is 4. The number of nitrogens with zero attached hydrogens (tertiary/aromatic N) is 2. The van der Waals surface area contributed by atoms with Crippen molar-refractivity contribution in [3.8, 4) is 5.75 Å². The molecule has 1 N–H and O–H groups in total. The van der Waals surface area contributed by atoms with Crippen LogP contribution in [0.2, 0.25) is 0 Å². The molecule has 1 aliphatic heterocycles. The van der Waals surface area contributed by atoms with Gasteiger partial charge in [-0.3, -0.25) is 25.2 Å². The van der Waals surface area contributed by atoms with Gasteiger partial charge >= 0.3 is 0 Å². The van der Waals surface area contributed by atoms with Gasteiger partial charge in [-0.25, -0.2) is 0 Å². The Hall–Kier alpha value is -4.22. The van der Waals surface area contributed by atoms with Crippen molar-refractivity contribution in [1.29, 1.82) is 0 Å². The molecule has 160 valence electrons. The number of carbonyl (C=O) groups excluding carboxylic acids is 3. The predicted octanol–water partition coefficient (Wildman–Crippen LogP) is 3.72. The van der Waals surface area contributed by atoms with Crippen molar-refractivity contribution in [2.24, 2.45) is 0 Å². The number of fused-ring (bicyclic) bond motifs is 1. The molecular weight excluding hydrogens is 406 g/mol. The van der Waals surface area contributed by atoms with Crippen molar-refractivity contribution in [3.63, 3.8) is 0 Å². The Kier molecular flexibility index (Phi) is 5.34. The summed E-state index contributed by atoms with van der Waals surface area (Å²) in [4.78, 5) is 40.0. The van der Waals surface area contributed by atoms with Crippen LogP contribution < -0.4 is 15.0 Å². The number of benzene rings is 3. The molecule has 1 aliphatic rings. The van der Waals surface area contributed by atoms with Gasteiger partial charge in [0.05, 0.1) is 13.5 Å². The van der Waals surface area contributed by atoms with Gasteiger partial charge in [-0.1, -0.05) is 30.3 Å². The molecule has 0 aromatic heterocycles. The molecule has 0 bridgehead atoms. The number of ether oxygens (including phenoxy) is 1. The van der Waals surface area contributed by atoms with Crippen molar-refractivity contribution in [3.05, 3.63) is 77.7 Å². The minimum Gasteiger partial charge on any atom is -0.763 e. The summed E-state index contributed by atoms with van der Waals surface area (Å²) in [5, 5.41) is 14.2. The number of methoxy groups -OCH3 is 1. The lowest BCUT2D eigenvalue weighted by Gasteiger charge is -2.32. The number of nitrogens with one attached hydrogen (secondary N) is 1. The molecule has 7 heteroatoms. The van der Waals surface area contributed by atoms with E-state index in [9.17, 15) is 19.8 Å². The molecule has 4 rings (SSSR count). The van der Waals surface area contributed by atoms with E-state index in [1.165, 1.54) is 18.9 Å². The van der Waals surface area contributed by atoms with Crippen LogP contribution in [0.1, 0.15) is 13.3 Å². The van der Waals surface area contributed by atoms with Gasteiger partial charge < -0.3 is 15.5 Å². The van der Waals surface area contributed by atoms with E-state index in [0.717, 1.165) is 10.8 Å². The van der Waals surface area contributed by atoms with Crippen LogP contribution in [0.15, 0.2) is 72.3 Å². The number of anilines is 2. The first-order valence-electron chi connectivity index (χ1n) is 9.96. The van der Waals surface area contributed by atoms with E-state index >= 15 is 0 Å². The molecule has 1 saturated heterocycles. The van der Waals surface area contributed by atoms with Gasteiger partial charge in [-0.2, -0.15) is 0 Å². The molecule has 32 heavy (non-hydrogen) atoms. The monoisotopic (exact) mass is 426 g/mol. The zero-order valence-electron chi connectivity index (χ0n) is 17.6. The summed E-state index contributed by atoms with van der Waals surface area (Å²) in [6.07, 6.45) is -0.304. The maximum Gasteiger partial charge on any atom is 0.268 e. The molecular formula is C25H20N3O4-. The van der Waals surface area contributed by atoms with Gasteiger partial charge in [0, 0.05) is 11.4 Å². The number of rotatable bonds is 5. The minimum atomic E-state index is -1.53. The van der Waals surface area contributed by atoms with Crippen molar-refractivity contribution >= 4 is 45.6 Å². The third-order valence-electron chi connectivity index (χ3n) is 5.61. The molecule has 0 spiro atoms. The zero-order valence-corrected chi connectivity index (χ0v) is 17.6. The van der Waals surface area contributed by atoms with Crippen LogP contribution in [0.4, 0.5) is 11.4 Å². The van der Waals surface area contributed by atoms with Gasteiger partial charge in [-0.15, -0.1) is 0 Å². The number of ketones is 1. The van der Waals surface area contributed by atoms with Crippen molar-refractivity contribution in [1.82, 2.24) is 0 Å². The Morgan fingerprint density at radius 1 is 1.06 bits per heavy atom. The van der Waals surface area contributed by atoms with E-state index in [0.29, 0.717) is 17.1 Å². The number of hydrogen-bond donors (Lipinski definition) is 1. The van der Waals surface area contributed by atoms with Crippen LogP contribution in [-0.4, -0.2) is 36.1 Å². The predicted molar refractivity (Wildman–Crippen MR) is 123 cm³/mol. The van der Waals surface area contributed by atoms with E-state index in [-0.39, 0.29) is 6.42 Å². The van der Waals surface area contributed by atoms with Crippen LogP contribution in [-0.2, 0) is 14.4 Å². The summed E-state index contributed by atoms with van der Waals surface area (Å²) in [6, 6.07) is 19.8. The molecule has 1 heterocycles. The highest BCUT2D eigenvalue weighted by molar-refractivity contribution is 6.39. The lowest BCUT2D eigenvalue weighted by atomic mass is 9.91. The molecule has 1 atom stereocenters. The molecule has 0 aliphatic carbocycles. The third-order valence-corrected chi connectivity index (χ3v) is 5.61. The highest BCUT2D eigenvalue weighted by atomic mass is 16.5. The Morgan fingerprint density at radius 2 is 1.75 bits per heavy atom. The van der Waals surface area contributed by atoms with Crippen LogP contribution in [0.5, 0.6) is 5.75 Å². The molecule has 0 saturated carbocycles. The average molecular weight is 426 g/mol. The zero-order chi connectivity index (χ0) is 22.9. The van der Waals surface area contributed by atoms with Crippen molar-refractivity contribution in [2.45, 2.75) is 18.9 Å². The van der Waals surface area contributed by atoms with Crippen molar-refractivity contribution < 1.29 is 19.1 Å². The van der Waals surface area contributed by atoms with E-state index < -0.39 is 28.7 Å². The summed E-state index contributed by atoms with van der Waals surface area (Å²) in [5.74, 6) is 0.446. The molecule has 1 unspecified atom stereocenters. The fourth-order valence-corrected chi connectivity index (χ4v) is 3.98. The Balaban J connectivity index is 1.64. The van der Waals surface area contributed by atoms with Gasteiger partial charge in [0.2, 0.25) is 11.7 Å². The maximum absolute atomic E-state index is 13.0. The SMILES string of the molecule is COc1ccc(N2C(=O)C(=C=[N-])C(=O)C2(C)CC(=O)Nc2ccc3ccccc3c2)cc1. The average Bonchev–Trinajstić information content (AvgIpc) is 2.98. The summed E-state index contributed by atoms with van der Waals surface area (Å²) in [6.45, 7) is 1.50. The highest BCUT2D eigenvalue weighted by Gasteiger charge is 2.53. The summed E-state index contributed by atoms with van der Waals surface area (Å²) in [7, 11) is 1.52. The number of Topliss-reactive ketones (excluding diaryl/α,β-unsaturated/α-hetero) is 1.